The Morgan fingerprint density at radius 1 is 1.00 bits per heavy atom. The highest BCUT2D eigenvalue weighted by Crippen LogP contribution is 2.29. The highest BCUT2D eigenvalue weighted by atomic mass is 32.2. The third-order valence-corrected chi connectivity index (χ3v) is 6.84. The van der Waals surface area contributed by atoms with Gasteiger partial charge < -0.3 is 0 Å². The summed E-state index contributed by atoms with van der Waals surface area (Å²) in [6.45, 7) is 0. The molecular formula is C16H14FNO4S2. The van der Waals surface area contributed by atoms with Crippen LogP contribution >= 0.6 is 0 Å². The molecule has 1 aliphatic heterocycles. The number of nitrogens with zero attached hydrogens (tertiary/aromatic N) is 1. The molecule has 0 aliphatic carbocycles. The minimum absolute atomic E-state index is 0.0343. The van der Waals surface area contributed by atoms with Gasteiger partial charge >= 0.3 is 0 Å². The smallest absolute Gasteiger partial charge is 0.258 e. The van der Waals surface area contributed by atoms with Crippen molar-refractivity contribution in [2.45, 2.75) is 10.9 Å². The molecule has 0 fully saturated rings. The van der Waals surface area contributed by atoms with Crippen LogP contribution in [0.2, 0.25) is 0 Å². The van der Waals surface area contributed by atoms with E-state index in [1.807, 2.05) is 0 Å². The zero-order valence-corrected chi connectivity index (χ0v) is 14.0. The van der Waals surface area contributed by atoms with Crippen LogP contribution in [-0.4, -0.2) is 28.6 Å². The summed E-state index contributed by atoms with van der Waals surface area (Å²) in [6.07, 6.45) is 1.33. The second kappa shape index (κ2) is 6.03. The maximum absolute atomic E-state index is 13.2. The SMILES string of the molecule is O=S1(=O)C=CC(N(c2ccc(F)cc2)S(=O)(=O)c2ccccc2)C1. The molecule has 0 amide bonds. The molecule has 24 heavy (non-hydrogen) atoms. The predicted molar refractivity (Wildman–Crippen MR) is 89.2 cm³/mol. The van der Waals surface area contributed by atoms with Gasteiger partial charge in [0.1, 0.15) is 5.82 Å². The monoisotopic (exact) mass is 367 g/mol. The van der Waals surface area contributed by atoms with E-state index in [0.29, 0.717) is 0 Å². The third-order valence-electron chi connectivity index (χ3n) is 3.59. The predicted octanol–water partition coefficient (Wildman–Crippen LogP) is 2.33. The van der Waals surface area contributed by atoms with Gasteiger partial charge in [-0.3, -0.25) is 4.31 Å². The minimum atomic E-state index is -4.01. The molecule has 1 unspecified atom stereocenters. The van der Waals surface area contributed by atoms with E-state index in [4.69, 9.17) is 0 Å². The molecule has 5 nitrogen and oxygen atoms in total. The number of sulfone groups is 1. The van der Waals surface area contributed by atoms with Gasteiger partial charge in [-0.15, -0.1) is 0 Å². The maximum atomic E-state index is 13.2. The van der Waals surface area contributed by atoms with Crippen molar-refractivity contribution in [3.8, 4) is 0 Å². The lowest BCUT2D eigenvalue weighted by Gasteiger charge is -2.29. The molecule has 2 aromatic carbocycles. The van der Waals surface area contributed by atoms with Crippen LogP contribution in [-0.2, 0) is 19.9 Å². The average molecular weight is 367 g/mol. The second-order valence-corrected chi connectivity index (χ2v) is 9.06. The molecule has 0 saturated heterocycles. The highest BCUT2D eigenvalue weighted by Gasteiger charge is 2.35. The highest BCUT2D eigenvalue weighted by molar-refractivity contribution is 7.95. The lowest BCUT2D eigenvalue weighted by molar-refractivity contribution is 0.586. The van der Waals surface area contributed by atoms with Crippen molar-refractivity contribution in [3.63, 3.8) is 0 Å². The normalized spacial score (nSPS) is 19.3. The molecule has 1 heterocycles. The van der Waals surface area contributed by atoms with Crippen molar-refractivity contribution in [2.75, 3.05) is 10.1 Å². The van der Waals surface area contributed by atoms with Crippen LogP contribution in [0.15, 0.2) is 71.0 Å². The number of rotatable bonds is 4. The van der Waals surface area contributed by atoms with Crippen molar-refractivity contribution in [2.24, 2.45) is 0 Å². The Hall–Kier alpha value is -2.19. The third kappa shape index (κ3) is 3.20. The molecule has 0 radical (unpaired) electrons. The fourth-order valence-corrected chi connectivity index (χ4v) is 5.50. The summed E-state index contributed by atoms with van der Waals surface area (Å²) in [4.78, 5) is 0.0343. The molecule has 126 valence electrons. The Bertz CT molecular complexity index is 968. The summed E-state index contributed by atoms with van der Waals surface area (Å²) in [5.74, 6) is -0.860. The number of hydrogen-bond donors (Lipinski definition) is 0. The van der Waals surface area contributed by atoms with Gasteiger partial charge in [-0.1, -0.05) is 18.2 Å². The van der Waals surface area contributed by atoms with Crippen LogP contribution in [0.3, 0.4) is 0 Å². The van der Waals surface area contributed by atoms with Gasteiger partial charge in [-0.25, -0.2) is 21.2 Å². The quantitative estimate of drug-likeness (QED) is 0.832. The van der Waals surface area contributed by atoms with E-state index in [1.165, 1.54) is 30.3 Å². The first-order chi connectivity index (χ1) is 11.3. The lowest BCUT2D eigenvalue weighted by atomic mass is 10.2. The molecule has 1 atom stereocenters. The van der Waals surface area contributed by atoms with E-state index < -0.39 is 31.7 Å². The number of halogens is 1. The van der Waals surface area contributed by atoms with Crippen molar-refractivity contribution in [1.82, 2.24) is 0 Å². The van der Waals surface area contributed by atoms with Crippen molar-refractivity contribution < 1.29 is 21.2 Å². The largest absolute Gasteiger partial charge is 0.264 e. The summed E-state index contributed by atoms with van der Waals surface area (Å²) in [5.41, 5.74) is 0.201. The van der Waals surface area contributed by atoms with E-state index >= 15 is 0 Å². The second-order valence-electron chi connectivity index (χ2n) is 5.32. The molecule has 0 N–H and O–H groups in total. The Balaban J connectivity index is 2.12. The Morgan fingerprint density at radius 3 is 2.17 bits per heavy atom. The van der Waals surface area contributed by atoms with Gasteiger partial charge in [-0.05, 0) is 42.5 Å². The standard InChI is InChI=1S/C16H14FNO4S2/c17-13-6-8-14(9-7-13)18(15-10-11-23(19,20)12-15)24(21,22)16-4-2-1-3-5-16/h1-11,15H,12H2. The van der Waals surface area contributed by atoms with Crippen LogP contribution in [0.1, 0.15) is 0 Å². The number of anilines is 1. The molecule has 8 heteroatoms. The van der Waals surface area contributed by atoms with Crippen molar-refractivity contribution >= 4 is 25.5 Å². The van der Waals surface area contributed by atoms with Gasteiger partial charge in [0, 0.05) is 5.41 Å². The zero-order chi connectivity index (χ0) is 17.4. The van der Waals surface area contributed by atoms with Crippen LogP contribution in [0.25, 0.3) is 0 Å². The number of benzene rings is 2. The summed E-state index contributed by atoms with van der Waals surface area (Å²) in [6, 6.07) is 11.7. The topological polar surface area (TPSA) is 71.5 Å². The molecule has 3 rings (SSSR count). The van der Waals surface area contributed by atoms with E-state index in [1.54, 1.807) is 18.2 Å². The van der Waals surface area contributed by atoms with Gasteiger partial charge in [0.05, 0.1) is 22.4 Å². The van der Waals surface area contributed by atoms with Gasteiger partial charge in [-0.2, -0.15) is 0 Å². The van der Waals surface area contributed by atoms with E-state index in [-0.39, 0.29) is 16.3 Å². The maximum Gasteiger partial charge on any atom is 0.264 e. The fraction of sp³-hybridized carbons (Fsp3) is 0.125. The van der Waals surface area contributed by atoms with Gasteiger partial charge in [0.2, 0.25) is 0 Å². The van der Waals surface area contributed by atoms with E-state index in [2.05, 4.69) is 0 Å². The first kappa shape index (κ1) is 16.7. The summed E-state index contributed by atoms with van der Waals surface area (Å²) in [7, 11) is -7.47. The molecule has 0 saturated carbocycles. The molecule has 0 bridgehead atoms. The average Bonchev–Trinajstić information content (AvgIpc) is 2.90. The fourth-order valence-electron chi connectivity index (χ4n) is 2.51. The summed E-state index contributed by atoms with van der Waals surface area (Å²) >= 11 is 0. The Morgan fingerprint density at radius 2 is 1.62 bits per heavy atom. The molecule has 0 spiro atoms. The molecular weight excluding hydrogens is 353 g/mol. The zero-order valence-electron chi connectivity index (χ0n) is 12.4. The minimum Gasteiger partial charge on any atom is -0.258 e. The van der Waals surface area contributed by atoms with Gasteiger partial charge in [0.25, 0.3) is 10.0 Å². The Labute approximate surface area is 140 Å². The summed E-state index contributed by atoms with van der Waals surface area (Å²) < 4.78 is 63.7. The molecule has 2 aromatic rings. The first-order valence-electron chi connectivity index (χ1n) is 7.06. The first-order valence-corrected chi connectivity index (χ1v) is 10.2. The molecule has 1 aliphatic rings. The van der Waals surface area contributed by atoms with E-state index in [0.717, 1.165) is 21.8 Å². The van der Waals surface area contributed by atoms with Crippen molar-refractivity contribution in [3.05, 3.63) is 71.9 Å². The lowest BCUT2D eigenvalue weighted by Crippen LogP contribution is -2.41. The van der Waals surface area contributed by atoms with Crippen LogP contribution in [0.4, 0.5) is 10.1 Å². The Kier molecular flexibility index (Phi) is 4.18. The van der Waals surface area contributed by atoms with Crippen LogP contribution < -0.4 is 4.31 Å². The van der Waals surface area contributed by atoms with Crippen LogP contribution in [0.5, 0.6) is 0 Å². The molecule has 0 aromatic heterocycles. The summed E-state index contributed by atoms with van der Waals surface area (Å²) in [5, 5.41) is 1.01. The number of hydrogen-bond acceptors (Lipinski definition) is 4. The van der Waals surface area contributed by atoms with Gasteiger partial charge in [0.15, 0.2) is 9.84 Å². The van der Waals surface area contributed by atoms with Crippen molar-refractivity contribution in [1.29, 1.82) is 0 Å². The van der Waals surface area contributed by atoms with E-state index in [9.17, 15) is 21.2 Å². The number of sulfonamides is 1. The van der Waals surface area contributed by atoms with Crippen LogP contribution in [0, 0.1) is 5.82 Å².